The van der Waals surface area contributed by atoms with Gasteiger partial charge in [0.05, 0.1) is 18.2 Å². The Labute approximate surface area is 404 Å². The van der Waals surface area contributed by atoms with Gasteiger partial charge in [0.1, 0.15) is 116 Å². The number of aliphatic carboxylic acids is 1. The number of carbonyl (C=O) groups is 3. The standard InChI is InChI=1S/C45H50O27/c46-13-26-33(55)36(58)39(61)43(70-26)67-23-7-17(8-24(32(23)54)68-44-40(62)37(59)34(56)27(71-44)14-64-30(52)6-3-16-1-4-18(47)5-2-16)42-25(11-20-21(49)9-19(48)10-22(20)66-42)69-45-41(63)38(60)35(57)28(72-45)15-65-31(53)12-29(50)51/h1-11,26-28,33-49,54-63H,12-15H2,(H,50,51)/p+1/b6-3+/t26-,27+,28+,33+,34+,35+,36-,37-,38-,39-,40+,41+,42?,43+,44+,45+/m0/s1. The van der Waals surface area contributed by atoms with Crippen molar-refractivity contribution in [3.05, 3.63) is 77.1 Å². The summed E-state index contributed by atoms with van der Waals surface area (Å²) in [5.74, 6) is -7.84. The number of carboxylic acids is 1. The lowest BCUT2D eigenvalue weighted by molar-refractivity contribution is -0.296. The van der Waals surface area contributed by atoms with Gasteiger partial charge in [0.2, 0.25) is 24.6 Å². The number of carbonyl (C=O) groups excluding carboxylic acids is 2. The molecule has 0 aliphatic carbocycles. The topological polar surface area (TPSA) is 441 Å². The minimum atomic E-state index is -2.13. The summed E-state index contributed by atoms with van der Waals surface area (Å²) in [4.78, 5) is 35.6. The number of ether oxygens (including phenoxy) is 9. The Hall–Kier alpha value is -6.57. The van der Waals surface area contributed by atoms with Crippen molar-refractivity contribution in [2.24, 2.45) is 0 Å². The molecular weight excluding hydrogens is 972 g/mol. The molecule has 3 aromatic rings. The van der Waals surface area contributed by atoms with Gasteiger partial charge in [0, 0.05) is 18.2 Å². The van der Waals surface area contributed by atoms with Crippen LogP contribution in [0.4, 0.5) is 0 Å². The summed E-state index contributed by atoms with van der Waals surface area (Å²) in [5, 5.41) is 158. The van der Waals surface area contributed by atoms with Gasteiger partial charge < -0.3 is 119 Å². The minimum Gasteiger partial charge on any atom is -0.571 e. The van der Waals surface area contributed by atoms with Crippen molar-refractivity contribution < 1.29 is 134 Å². The van der Waals surface area contributed by atoms with Crippen molar-refractivity contribution in [2.45, 2.75) is 105 Å². The van der Waals surface area contributed by atoms with E-state index in [0.717, 1.165) is 36.4 Å². The molecule has 0 bridgehead atoms. The van der Waals surface area contributed by atoms with Gasteiger partial charge in [0.15, 0.2) is 17.3 Å². The highest BCUT2D eigenvalue weighted by Gasteiger charge is 2.50. The van der Waals surface area contributed by atoms with Crippen molar-refractivity contribution in [1.29, 1.82) is 0 Å². The SMILES string of the molecule is O=C(O)CC(=O)OC[C@H]1O[C@@H](OC2=Cc3c(O)cc(O)cc3[OH+]C2c2cc(O[C@@H]3O[C@@H](CO)[C@@H](O)[C@H](O)[C@@H]3O)c(O)c(O[C@@H]3O[C@H](COC(=O)/C=C/c4ccc(O)cc4)[C@@H](O)[C@H](O)[C@H]3O)c2)[C@H](O)[C@@H](O)[C@@H]1O. The van der Waals surface area contributed by atoms with Gasteiger partial charge in [-0.3, -0.25) is 9.59 Å². The molecule has 0 amide bonds. The fourth-order valence-electron chi connectivity index (χ4n) is 7.73. The summed E-state index contributed by atoms with van der Waals surface area (Å²) in [6, 6.07) is 9.78. The third-order valence-corrected chi connectivity index (χ3v) is 11.6. The van der Waals surface area contributed by atoms with E-state index in [1.54, 1.807) is 0 Å². The van der Waals surface area contributed by atoms with E-state index in [-0.39, 0.29) is 22.6 Å². The molecule has 4 heterocycles. The van der Waals surface area contributed by atoms with Crippen molar-refractivity contribution >= 4 is 30.1 Å². The van der Waals surface area contributed by atoms with E-state index < -0.39 is 177 Å². The number of fused-ring (bicyclic) bond motifs is 1. The number of esters is 2. The lowest BCUT2D eigenvalue weighted by atomic mass is 9.98. The van der Waals surface area contributed by atoms with Crippen LogP contribution < -0.4 is 9.47 Å². The maximum atomic E-state index is 12.6. The number of benzene rings is 3. The van der Waals surface area contributed by atoms with Crippen LogP contribution in [0.5, 0.6) is 40.2 Å². The van der Waals surface area contributed by atoms with Crippen LogP contribution in [0.1, 0.15) is 29.2 Å². The highest BCUT2D eigenvalue weighted by Crippen LogP contribution is 2.49. The summed E-state index contributed by atoms with van der Waals surface area (Å²) in [5.41, 5.74) is 0.163. The third-order valence-electron chi connectivity index (χ3n) is 11.6. The van der Waals surface area contributed by atoms with Gasteiger partial charge in [0.25, 0.3) is 11.9 Å². The molecule has 16 atom stereocenters. The Morgan fingerprint density at radius 2 is 1.12 bits per heavy atom. The Kier molecular flexibility index (Phi) is 16.6. The van der Waals surface area contributed by atoms with E-state index in [1.807, 2.05) is 0 Å². The lowest BCUT2D eigenvalue weighted by Gasteiger charge is -2.41. The first-order chi connectivity index (χ1) is 34.1. The van der Waals surface area contributed by atoms with Crippen LogP contribution in [0.2, 0.25) is 0 Å². The highest BCUT2D eigenvalue weighted by atomic mass is 16.7. The van der Waals surface area contributed by atoms with Gasteiger partial charge in [-0.2, -0.15) is 0 Å². The molecule has 4 aliphatic rings. The zero-order valence-corrected chi connectivity index (χ0v) is 37.1. The van der Waals surface area contributed by atoms with E-state index in [9.17, 15) is 85.9 Å². The molecule has 27 nitrogen and oxygen atoms in total. The largest absolute Gasteiger partial charge is 0.571 e. The van der Waals surface area contributed by atoms with E-state index in [2.05, 4.69) is 4.74 Å². The predicted molar refractivity (Wildman–Crippen MR) is 231 cm³/mol. The van der Waals surface area contributed by atoms with Crippen LogP contribution in [0.25, 0.3) is 12.2 Å². The van der Waals surface area contributed by atoms with Crippen LogP contribution in [-0.2, 0) is 42.8 Å². The molecule has 392 valence electrons. The normalized spacial score (nSPS) is 32.4. The average molecular weight is 1020 g/mol. The summed E-state index contributed by atoms with van der Waals surface area (Å²) >= 11 is 0. The summed E-state index contributed by atoms with van der Waals surface area (Å²) in [7, 11) is 0. The monoisotopic (exact) mass is 1020 g/mol. The van der Waals surface area contributed by atoms with Crippen LogP contribution in [0.15, 0.2) is 60.4 Å². The van der Waals surface area contributed by atoms with E-state index in [0.29, 0.717) is 5.56 Å². The zero-order chi connectivity index (χ0) is 52.3. The van der Waals surface area contributed by atoms with Crippen molar-refractivity contribution in [3.63, 3.8) is 0 Å². The number of hydrogen-bond acceptors (Lipinski definition) is 25. The van der Waals surface area contributed by atoms with Gasteiger partial charge in [-0.1, -0.05) is 12.1 Å². The van der Waals surface area contributed by atoms with Crippen LogP contribution in [-0.4, -0.2) is 211 Å². The maximum absolute atomic E-state index is 12.6. The molecular formula is C45H51O27+. The van der Waals surface area contributed by atoms with Gasteiger partial charge in [-0.25, -0.2) is 4.79 Å². The van der Waals surface area contributed by atoms with Crippen LogP contribution >= 0.6 is 0 Å². The van der Waals surface area contributed by atoms with Crippen molar-refractivity contribution in [1.82, 2.24) is 0 Å². The molecule has 0 radical (unpaired) electrons. The number of phenolic OH excluding ortho intramolecular Hbond substituents is 4. The second kappa shape index (κ2) is 22.5. The highest BCUT2D eigenvalue weighted by molar-refractivity contribution is 5.90. The first-order valence-corrected chi connectivity index (χ1v) is 21.7. The Morgan fingerprint density at radius 1 is 0.611 bits per heavy atom. The molecule has 7 rings (SSSR count). The molecule has 16 N–H and O–H groups in total. The second-order valence-electron chi connectivity index (χ2n) is 16.7. The number of aliphatic hydroxyl groups is 11. The Morgan fingerprint density at radius 3 is 1.67 bits per heavy atom. The summed E-state index contributed by atoms with van der Waals surface area (Å²) in [6.07, 6.45) is -28.2. The molecule has 3 saturated heterocycles. The molecule has 0 saturated carbocycles. The Bertz CT molecular complexity index is 2480. The number of hydrogen-bond donors (Lipinski definition) is 15. The molecule has 72 heavy (non-hydrogen) atoms. The quantitative estimate of drug-likeness (QED) is 0.0284. The molecule has 4 aliphatic heterocycles. The van der Waals surface area contributed by atoms with Gasteiger partial charge in [-0.15, -0.1) is 0 Å². The number of aromatic hydroxyl groups is 5. The third kappa shape index (κ3) is 11.9. The predicted octanol–water partition coefficient (Wildman–Crippen LogP) is -3.69. The first kappa shape index (κ1) is 53.2. The van der Waals surface area contributed by atoms with Crippen molar-refractivity contribution in [3.8, 4) is 40.2 Å². The molecule has 1 unspecified atom stereocenters. The number of phenols is 4. The van der Waals surface area contributed by atoms with Crippen LogP contribution in [0, 0.1) is 0 Å². The maximum Gasteiger partial charge on any atom is 0.330 e. The molecule has 27 heteroatoms. The summed E-state index contributed by atoms with van der Waals surface area (Å²) in [6.45, 7) is -2.51. The number of aliphatic hydroxyl groups excluding tert-OH is 10. The smallest absolute Gasteiger partial charge is 0.330 e. The van der Waals surface area contributed by atoms with Crippen LogP contribution in [0.3, 0.4) is 0 Å². The van der Waals surface area contributed by atoms with E-state index in [4.69, 9.17) is 43.0 Å². The van der Waals surface area contributed by atoms with Gasteiger partial charge >= 0.3 is 17.9 Å². The van der Waals surface area contributed by atoms with E-state index in [1.165, 1.54) is 30.3 Å². The first-order valence-electron chi connectivity index (χ1n) is 21.7. The van der Waals surface area contributed by atoms with Gasteiger partial charge in [-0.05, 0) is 35.9 Å². The number of carboxylic acid groups (broad SMARTS) is 1. The molecule has 0 spiro atoms. The second-order valence-corrected chi connectivity index (χ2v) is 16.7. The Balaban J connectivity index is 1.23. The number of rotatable bonds is 16. The minimum absolute atomic E-state index is 0.0223. The van der Waals surface area contributed by atoms with E-state index >= 15 is 0 Å². The molecule has 3 aromatic carbocycles. The fourth-order valence-corrected chi connectivity index (χ4v) is 7.73. The summed E-state index contributed by atoms with van der Waals surface area (Å²) < 4.78 is 49.2. The molecule has 3 fully saturated rings. The average Bonchev–Trinajstić information content (AvgIpc) is 3.34. The lowest BCUT2D eigenvalue weighted by Crippen LogP contribution is -2.60. The van der Waals surface area contributed by atoms with Crippen molar-refractivity contribution in [2.75, 3.05) is 19.8 Å². The zero-order valence-electron chi connectivity index (χ0n) is 37.1. The fraction of sp³-hybridized carbons (Fsp3) is 0.444. The molecule has 0 aromatic heterocycles.